The minimum Gasteiger partial charge on any atom is -0.506 e. The first-order chi connectivity index (χ1) is 6.65. The maximum atomic E-state index is 12.9. The Hall–Kier alpha value is -1.06. The monoisotopic (exact) mass is 215 g/mol. The smallest absolute Gasteiger partial charge is 0.141 e. The molecule has 0 bridgehead atoms. The Balaban J connectivity index is 2.96. The number of phenols is 1. The van der Waals surface area contributed by atoms with Gasteiger partial charge in [-0.2, -0.15) is 0 Å². The normalized spacial score (nSPS) is 11.1. The van der Waals surface area contributed by atoms with E-state index >= 15 is 0 Å². The second-order valence-electron chi connectivity index (χ2n) is 2.79. The number of nitrogens with one attached hydrogen (secondary N) is 1. The molecule has 0 atom stereocenters. The molecule has 0 aliphatic rings. The van der Waals surface area contributed by atoms with Crippen molar-refractivity contribution >= 4 is 17.7 Å². The highest BCUT2D eigenvalue weighted by Crippen LogP contribution is 2.29. The van der Waals surface area contributed by atoms with Gasteiger partial charge in [0.15, 0.2) is 0 Å². The van der Waals surface area contributed by atoms with Gasteiger partial charge in [0.2, 0.25) is 0 Å². The van der Waals surface area contributed by atoms with E-state index in [1.807, 2.05) is 0 Å². The molecule has 0 aliphatic heterocycles. The van der Waals surface area contributed by atoms with Crippen LogP contribution < -0.4 is 5.32 Å². The molecule has 0 radical (unpaired) electrons. The zero-order valence-corrected chi connectivity index (χ0v) is 8.48. The third-order valence-corrected chi connectivity index (χ3v) is 1.97. The molecule has 4 heteroatoms. The molecule has 0 fully saturated rings. The summed E-state index contributed by atoms with van der Waals surface area (Å²) in [5.74, 6) is -0.558. The lowest BCUT2D eigenvalue weighted by molar-refractivity contribution is 0.472. The summed E-state index contributed by atoms with van der Waals surface area (Å²) in [5, 5.41) is 12.4. The number of aromatic hydroxyl groups is 1. The second-order valence-corrected chi connectivity index (χ2v) is 3.19. The molecule has 0 heterocycles. The fourth-order valence-corrected chi connectivity index (χ4v) is 1.23. The zero-order chi connectivity index (χ0) is 10.6. The topological polar surface area (TPSA) is 32.3 Å². The van der Waals surface area contributed by atoms with Gasteiger partial charge in [0, 0.05) is 12.1 Å². The third-order valence-electron chi connectivity index (χ3n) is 1.68. The molecule has 0 saturated carbocycles. The predicted molar refractivity (Wildman–Crippen MR) is 56.0 cm³/mol. The van der Waals surface area contributed by atoms with E-state index < -0.39 is 5.82 Å². The van der Waals surface area contributed by atoms with E-state index in [0.717, 1.165) is 6.07 Å². The van der Waals surface area contributed by atoms with Crippen molar-refractivity contribution in [1.29, 1.82) is 0 Å². The number of halogens is 2. The fraction of sp³-hybridized carbons (Fsp3) is 0.200. The van der Waals surface area contributed by atoms with Crippen LogP contribution in [0.5, 0.6) is 5.75 Å². The van der Waals surface area contributed by atoms with Crippen molar-refractivity contribution in [3.05, 3.63) is 34.6 Å². The van der Waals surface area contributed by atoms with Crippen LogP contribution in [0.1, 0.15) is 5.56 Å². The van der Waals surface area contributed by atoms with E-state index in [9.17, 15) is 9.50 Å². The minimum atomic E-state index is -0.461. The number of hydrogen-bond donors (Lipinski definition) is 2. The minimum absolute atomic E-state index is 0.0223. The number of rotatable bonds is 3. The first-order valence-electron chi connectivity index (χ1n) is 4.14. The number of phenolic OH excluding ortho intramolecular Hbond substituents is 1. The summed E-state index contributed by atoms with van der Waals surface area (Å²) in [6, 6.07) is 2.31. The molecule has 1 rings (SSSR count). The molecule has 0 aromatic heterocycles. The van der Waals surface area contributed by atoms with Crippen molar-refractivity contribution in [3.8, 4) is 5.75 Å². The van der Waals surface area contributed by atoms with Crippen LogP contribution in [-0.2, 0) is 0 Å². The van der Waals surface area contributed by atoms with Crippen molar-refractivity contribution in [2.75, 3.05) is 13.6 Å². The summed E-state index contributed by atoms with van der Waals surface area (Å²) >= 11 is 5.59. The Morgan fingerprint density at radius 1 is 1.57 bits per heavy atom. The lowest BCUT2D eigenvalue weighted by Gasteiger charge is -2.01. The van der Waals surface area contributed by atoms with E-state index in [0.29, 0.717) is 12.1 Å². The first kappa shape index (κ1) is 11.0. The molecule has 0 unspecified atom stereocenters. The summed E-state index contributed by atoms with van der Waals surface area (Å²) in [4.78, 5) is 0. The Bertz CT molecular complexity index is 352. The van der Waals surface area contributed by atoms with Crippen LogP contribution in [0, 0.1) is 5.82 Å². The Morgan fingerprint density at radius 3 is 2.93 bits per heavy atom. The van der Waals surface area contributed by atoms with Crippen molar-refractivity contribution in [3.63, 3.8) is 0 Å². The predicted octanol–water partition coefficient (Wildman–Crippen LogP) is 2.42. The molecule has 1 aromatic carbocycles. The molecule has 76 valence electrons. The first-order valence-corrected chi connectivity index (χ1v) is 4.52. The van der Waals surface area contributed by atoms with Gasteiger partial charge in [-0.25, -0.2) is 4.39 Å². The highest BCUT2D eigenvalue weighted by Gasteiger charge is 2.05. The highest BCUT2D eigenvalue weighted by molar-refractivity contribution is 6.32. The van der Waals surface area contributed by atoms with Crippen LogP contribution in [0.4, 0.5) is 4.39 Å². The van der Waals surface area contributed by atoms with Crippen molar-refractivity contribution in [2.24, 2.45) is 0 Å². The van der Waals surface area contributed by atoms with Crippen LogP contribution in [0.15, 0.2) is 18.2 Å². The summed E-state index contributed by atoms with van der Waals surface area (Å²) in [6.07, 6.45) is 3.38. The Morgan fingerprint density at radius 2 is 2.29 bits per heavy atom. The van der Waals surface area contributed by atoms with Crippen LogP contribution in [-0.4, -0.2) is 18.7 Å². The van der Waals surface area contributed by atoms with Crippen LogP contribution in [0.2, 0.25) is 5.02 Å². The van der Waals surface area contributed by atoms with Crippen molar-refractivity contribution in [1.82, 2.24) is 5.32 Å². The SMILES string of the molecule is CNCC=Cc1cc(F)cc(Cl)c1O. The van der Waals surface area contributed by atoms with Crippen LogP contribution in [0.3, 0.4) is 0 Å². The average Bonchev–Trinajstić information content (AvgIpc) is 2.13. The van der Waals surface area contributed by atoms with Crippen molar-refractivity contribution < 1.29 is 9.50 Å². The summed E-state index contributed by atoms with van der Waals surface area (Å²) in [5.41, 5.74) is 0.380. The average molecular weight is 216 g/mol. The Labute approximate surface area is 87.0 Å². The van der Waals surface area contributed by atoms with Crippen molar-refractivity contribution in [2.45, 2.75) is 0 Å². The molecule has 2 nitrogen and oxygen atoms in total. The zero-order valence-electron chi connectivity index (χ0n) is 7.72. The van der Waals surface area contributed by atoms with Gasteiger partial charge in [0.25, 0.3) is 0 Å². The van der Waals surface area contributed by atoms with Crippen LogP contribution in [0.25, 0.3) is 6.08 Å². The molecular formula is C10H11ClFNO. The van der Waals surface area contributed by atoms with Gasteiger partial charge >= 0.3 is 0 Å². The van der Waals surface area contributed by atoms with Gasteiger partial charge < -0.3 is 10.4 Å². The number of hydrogen-bond acceptors (Lipinski definition) is 2. The highest BCUT2D eigenvalue weighted by atomic mass is 35.5. The molecule has 2 N–H and O–H groups in total. The van der Waals surface area contributed by atoms with E-state index in [2.05, 4.69) is 5.32 Å². The maximum Gasteiger partial charge on any atom is 0.141 e. The molecule has 0 amide bonds. The molecule has 0 aliphatic carbocycles. The van der Waals surface area contributed by atoms with E-state index in [-0.39, 0.29) is 10.8 Å². The van der Waals surface area contributed by atoms with Gasteiger partial charge in [-0.3, -0.25) is 0 Å². The summed E-state index contributed by atoms with van der Waals surface area (Å²) in [6.45, 7) is 0.646. The standard InChI is InChI=1S/C10H11ClFNO/c1-13-4-2-3-7-5-8(12)6-9(11)10(7)14/h2-3,5-6,13-14H,4H2,1H3. The molecule has 1 aromatic rings. The molecule has 14 heavy (non-hydrogen) atoms. The Kier molecular flexibility index (Phi) is 3.92. The molecular weight excluding hydrogens is 205 g/mol. The van der Waals surface area contributed by atoms with Gasteiger partial charge in [0.1, 0.15) is 11.6 Å². The lowest BCUT2D eigenvalue weighted by Crippen LogP contribution is -2.03. The van der Waals surface area contributed by atoms with Gasteiger partial charge in [-0.15, -0.1) is 0 Å². The summed E-state index contributed by atoms with van der Waals surface area (Å²) < 4.78 is 12.9. The lowest BCUT2D eigenvalue weighted by atomic mass is 10.2. The third kappa shape index (κ3) is 2.72. The van der Waals surface area contributed by atoms with Gasteiger partial charge in [-0.1, -0.05) is 23.8 Å². The fourth-order valence-electron chi connectivity index (χ4n) is 1.02. The maximum absolute atomic E-state index is 12.9. The van der Waals surface area contributed by atoms with E-state index in [1.165, 1.54) is 6.07 Å². The van der Waals surface area contributed by atoms with E-state index in [1.54, 1.807) is 19.2 Å². The number of likely N-dealkylation sites (N-methyl/N-ethyl adjacent to an activating group) is 1. The summed E-state index contributed by atoms with van der Waals surface area (Å²) in [7, 11) is 1.79. The van der Waals surface area contributed by atoms with Gasteiger partial charge in [0.05, 0.1) is 5.02 Å². The second kappa shape index (κ2) is 4.98. The van der Waals surface area contributed by atoms with Crippen LogP contribution >= 0.6 is 11.6 Å². The quantitative estimate of drug-likeness (QED) is 0.812. The van der Waals surface area contributed by atoms with Gasteiger partial charge in [-0.05, 0) is 19.2 Å². The molecule has 0 saturated heterocycles. The number of benzene rings is 1. The largest absolute Gasteiger partial charge is 0.506 e. The van der Waals surface area contributed by atoms with E-state index in [4.69, 9.17) is 11.6 Å². The molecule has 0 spiro atoms.